The smallest absolute Gasteiger partial charge is 0.226 e. The van der Waals surface area contributed by atoms with Crippen molar-refractivity contribution in [1.29, 1.82) is 0 Å². The highest BCUT2D eigenvalue weighted by atomic mass is 16.5. The molecule has 0 fully saturated rings. The topological polar surface area (TPSA) is 76.7 Å². The van der Waals surface area contributed by atoms with Gasteiger partial charge in [0.05, 0.1) is 22.8 Å². The van der Waals surface area contributed by atoms with Gasteiger partial charge in [-0.05, 0) is 44.0 Å². The van der Waals surface area contributed by atoms with Crippen LogP contribution in [-0.4, -0.2) is 20.1 Å². The molecule has 0 aliphatic carbocycles. The Morgan fingerprint density at radius 1 is 1.11 bits per heavy atom. The Labute approximate surface area is 164 Å². The lowest BCUT2D eigenvalue weighted by Gasteiger charge is -2.17. The normalized spacial score (nSPS) is 12.2. The van der Waals surface area contributed by atoms with Crippen LogP contribution in [0.2, 0.25) is 0 Å². The van der Waals surface area contributed by atoms with Crippen molar-refractivity contribution in [1.82, 2.24) is 20.1 Å². The molecule has 0 aliphatic heterocycles. The summed E-state index contributed by atoms with van der Waals surface area (Å²) in [6, 6.07) is 14.1. The van der Waals surface area contributed by atoms with Crippen molar-refractivity contribution in [2.45, 2.75) is 39.7 Å². The molecule has 0 radical (unpaired) electrons. The third kappa shape index (κ3) is 3.58. The van der Waals surface area contributed by atoms with E-state index in [0.717, 1.165) is 46.4 Å². The molecule has 28 heavy (non-hydrogen) atoms. The van der Waals surface area contributed by atoms with E-state index in [1.54, 1.807) is 6.20 Å². The maximum atomic E-state index is 5.41. The molecule has 3 heterocycles. The lowest BCUT2D eigenvalue weighted by molar-refractivity contribution is 0.378. The zero-order valence-electron chi connectivity index (χ0n) is 16.3. The highest BCUT2D eigenvalue weighted by Gasteiger charge is 2.18. The Balaban J connectivity index is 1.80. The number of para-hydroxylation sites is 1. The van der Waals surface area contributed by atoms with E-state index < -0.39 is 0 Å². The SMILES string of the molecule is CCCc1nc(-c2cc3cccc(C)c3nc2N[C@@H](C)c2ccccn2)no1. The summed E-state index contributed by atoms with van der Waals surface area (Å²) in [5.41, 5.74) is 3.85. The summed E-state index contributed by atoms with van der Waals surface area (Å²) < 4.78 is 5.41. The van der Waals surface area contributed by atoms with E-state index in [0.29, 0.717) is 11.7 Å². The molecule has 3 aromatic heterocycles. The summed E-state index contributed by atoms with van der Waals surface area (Å²) in [5.74, 6) is 1.92. The molecule has 1 aromatic carbocycles. The first kappa shape index (κ1) is 18.1. The molecule has 0 amide bonds. The molecule has 0 bridgehead atoms. The van der Waals surface area contributed by atoms with Crippen LogP contribution in [0.15, 0.2) is 53.2 Å². The van der Waals surface area contributed by atoms with Crippen LogP contribution in [0.1, 0.15) is 43.5 Å². The zero-order chi connectivity index (χ0) is 19.5. The van der Waals surface area contributed by atoms with Crippen molar-refractivity contribution in [2.75, 3.05) is 5.32 Å². The standard InChI is InChI=1S/C22H23N5O/c1-4-8-19-25-22(27-28-19)17-13-16-10-7-9-14(2)20(16)26-21(17)24-15(3)18-11-5-6-12-23-18/h5-7,9-13,15H,4,8H2,1-3H3,(H,24,26)/t15-/m0/s1. The molecule has 0 aliphatic rings. The number of hydrogen-bond acceptors (Lipinski definition) is 6. The Bertz CT molecular complexity index is 1090. The maximum absolute atomic E-state index is 5.41. The molecule has 4 rings (SSSR count). The average molecular weight is 373 g/mol. The minimum atomic E-state index is -0.0177. The number of aromatic nitrogens is 4. The number of benzene rings is 1. The van der Waals surface area contributed by atoms with E-state index in [9.17, 15) is 0 Å². The van der Waals surface area contributed by atoms with E-state index in [1.165, 1.54) is 0 Å². The lowest BCUT2D eigenvalue weighted by atomic mass is 10.1. The van der Waals surface area contributed by atoms with Gasteiger partial charge in [0.1, 0.15) is 5.82 Å². The first-order valence-electron chi connectivity index (χ1n) is 9.56. The highest BCUT2D eigenvalue weighted by molar-refractivity contribution is 5.89. The van der Waals surface area contributed by atoms with Crippen LogP contribution < -0.4 is 5.32 Å². The molecule has 6 nitrogen and oxygen atoms in total. The van der Waals surface area contributed by atoms with Crippen molar-refractivity contribution in [3.63, 3.8) is 0 Å². The first-order chi connectivity index (χ1) is 13.7. The molecular formula is C22H23N5O. The Kier molecular flexibility index (Phi) is 5.02. The zero-order valence-corrected chi connectivity index (χ0v) is 16.3. The molecule has 6 heteroatoms. The van der Waals surface area contributed by atoms with Crippen LogP contribution in [0.25, 0.3) is 22.3 Å². The van der Waals surface area contributed by atoms with Crippen LogP contribution in [0.4, 0.5) is 5.82 Å². The summed E-state index contributed by atoms with van der Waals surface area (Å²) >= 11 is 0. The molecule has 4 aromatic rings. The van der Waals surface area contributed by atoms with Crippen molar-refractivity contribution in [3.8, 4) is 11.4 Å². The van der Waals surface area contributed by atoms with E-state index in [4.69, 9.17) is 9.51 Å². The summed E-state index contributed by atoms with van der Waals surface area (Å²) in [4.78, 5) is 13.9. The molecule has 1 N–H and O–H groups in total. The van der Waals surface area contributed by atoms with Crippen molar-refractivity contribution < 1.29 is 4.52 Å². The van der Waals surface area contributed by atoms with Gasteiger partial charge in [-0.1, -0.05) is 36.3 Å². The van der Waals surface area contributed by atoms with Gasteiger partial charge in [-0.2, -0.15) is 4.98 Å². The fraction of sp³-hybridized carbons (Fsp3) is 0.273. The monoisotopic (exact) mass is 373 g/mol. The third-order valence-corrected chi connectivity index (χ3v) is 4.71. The molecule has 0 saturated carbocycles. The molecule has 142 valence electrons. The molecule has 1 atom stereocenters. The molecular weight excluding hydrogens is 350 g/mol. The predicted molar refractivity (Wildman–Crippen MR) is 110 cm³/mol. The quantitative estimate of drug-likeness (QED) is 0.506. The number of rotatable bonds is 6. The maximum Gasteiger partial charge on any atom is 0.226 e. The van der Waals surface area contributed by atoms with Crippen LogP contribution >= 0.6 is 0 Å². The van der Waals surface area contributed by atoms with Crippen molar-refractivity contribution in [3.05, 3.63) is 65.8 Å². The number of fused-ring (bicyclic) bond motifs is 1. The van der Waals surface area contributed by atoms with Gasteiger partial charge >= 0.3 is 0 Å². The van der Waals surface area contributed by atoms with Gasteiger partial charge in [0, 0.05) is 18.0 Å². The third-order valence-electron chi connectivity index (χ3n) is 4.71. The fourth-order valence-electron chi connectivity index (χ4n) is 3.22. The largest absolute Gasteiger partial charge is 0.361 e. The van der Waals surface area contributed by atoms with E-state index in [2.05, 4.69) is 59.4 Å². The molecule has 0 saturated heterocycles. The average Bonchev–Trinajstić information content (AvgIpc) is 3.17. The van der Waals surface area contributed by atoms with E-state index in [-0.39, 0.29) is 6.04 Å². The minimum Gasteiger partial charge on any atom is -0.361 e. The summed E-state index contributed by atoms with van der Waals surface area (Å²) in [5, 5.41) is 8.73. The molecule has 0 spiro atoms. The van der Waals surface area contributed by atoms with E-state index in [1.807, 2.05) is 24.3 Å². The number of aryl methyl sites for hydroxylation is 2. The Hall–Kier alpha value is -3.28. The summed E-state index contributed by atoms with van der Waals surface area (Å²) in [7, 11) is 0. The second-order valence-electron chi connectivity index (χ2n) is 6.91. The van der Waals surface area contributed by atoms with Crippen LogP contribution in [-0.2, 0) is 6.42 Å². The number of anilines is 1. The van der Waals surface area contributed by atoms with Gasteiger partial charge in [-0.3, -0.25) is 4.98 Å². The number of nitrogens with one attached hydrogen (secondary N) is 1. The second-order valence-corrected chi connectivity index (χ2v) is 6.91. The van der Waals surface area contributed by atoms with Gasteiger partial charge in [0.25, 0.3) is 0 Å². The van der Waals surface area contributed by atoms with Crippen LogP contribution in [0.3, 0.4) is 0 Å². The van der Waals surface area contributed by atoms with Crippen molar-refractivity contribution >= 4 is 16.7 Å². The second kappa shape index (κ2) is 7.76. The summed E-state index contributed by atoms with van der Waals surface area (Å²) in [6.45, 7) is 6.22. The first-order valence-corrected chi connectivity index (χ1v) is 9.56. The van der Waals surface area contributed by atoms with Crippen LogP contribution in [0, 0.1) is 6.92 Å². The Morgan fingerprint density at radius 3 is 2.79 bits per heavy atom. The summed E-state index contributed by atoms with van der Waals surface area (Å²) in [6.07, 6.45) is 3.52. The fourth-order valence-corrected chi connectivity index (χ4v) is 3.22. The van der Waals surface area contributed by atoms with Gasteiger partial charge in [-0.25, -0.2) is 4.98 Å². The minimum absolute atomic E-state index is 0.0177. The van der Waals surface area contributed by atoms with Gasteiger partial charge in [-0.15, -0.1) is 0 Å². The van der Waals surface area contributed by atoms with Crippen LogP contribution in [0.5, 0.6) is 0 Å². The number of pyridine rings is 2. The highest BCUT2D eigenvalue weighted by Crippen LogP contribution is 2.31. The Morgan fingerprint density at radius 2 is 2.00 bits per heavy atom. The number of nitrogens with zero attached hydrogens (tertiary/aromatic N) is 4. The van der Waals surface area contributed by atoms with Gasteiger partial charge in [0.2, 0.25) is 11.7 Å². The number of hydrogen-bond donors (Lipinski definition) is 1. The van der Waals surface area contributed by atoms with Crippen molar-refractivity contribution in [2.24, 2.45) is 0 Å². The van der Waals surface area contributed by atoms with Gasteiger partial charge < -0.3 is 9.84 Å². The molecule has 0 unspecified atom stereocenters. The van der Waals surface area contributed by atoms with Gasteiger partial charge in [0.15, 0.2) is 0 Å². The lowest BCUT2D eigenvalue weighted by Crippen LogP contribution is -2.11. The predicted octanol–water partition coefficient (Wildman–Crippen LogP) is 5.11. The van der Waals surface area contributed by atoms with E-state index >= 15 is 0 Å².